The maximum Gasteiger partial charge on any atom is 0.242 e. The molecule has 26 heavy (non-hydrogen) atoms. The van der Waals surface area contributed by atoms with E-state index in [1.807, 2.05) is 23.1 Å². The smallest absolute Gasteiger partial charge is 0.242 e. The number of benzene rings is 1. The van der Waals surface area contributed by atoms with E-state index in [-0.39, 0.29) is 18.4 Å². The number of carbonyl (C=O) groups is 2. The standard InChI is InChI=1S/C21H31N3O2/c1-22-13-6-5-9-19(22)10-11-20(25)24-16-15-23(21(26)17-24)14-12-18-7-3-2-4-8-18/h2-4,7-8,19H,5-6,9-17H2,1H3/t19-/m1/s1. The summed E-state index contributed by atoms with van der Waals surface area (Å²) in [6.45, 7) is 3.43. The molecule has 0 spiro atoms. The molecule has 0 aliphatic carbocycles. The number of hydrogen-bond donors (Lipinski definition) is 0. The van der Waals surface area contributed by atoms with E-state index in [9.17, 15) is 9.59 Å². The average molecular weight is 357 g/mol. The number of hydrogen-bond acceptors (Lipinski definition) is 3. The molecule has 0 unspecified atom stereocenters. The van der Waals surface area contributed by atoms with Gasteiger partial charge in [0, 0.05) is 32.1 Å². The van der Waals surface area contributed by atoms with Gasteiger partial charge in [-0.25, -0.2) is 0 Å². The first-order chi connectivity index (χ1) is 12.6. The van der Waals surface area contributed by atoms with Crippen LogP contribution in [0, 0.1) is 0 Å². The Bertz CT molecular complexity index is 605. The molecule has 2 aliphatic rings. The molecule has 5 heteroatoms. The maximum atomic E-state index is 12.5. The molecule has 0 radical (unpaired) electrons. The molecule has 1 aromatic carbocycles. The van der Waals surface area contributed by atoms with Gasteiger partial charge in [0.2, 0.25) is 11.8 Å². The quantitative estimate of drug-likeness (QED) is 0.784. The van der Waals surface area contributed by atoms with Crippen molar-refractivity contribution in [2.24, 2.45) is 0 Å². The Balaban J connectivity index is 1.41. The van der Waals surface area contributed by atoms with Crippen molar-refractivity contribution in [2.75, 3.05) is 39.8 Å². The fraction of sp³-hybridized carbons (Fsp3) is 0.619. The Morgan fingerprint density at radius 3 is 2.65 bits per heavy atom. The number of likely N-dealkylation sites (tertiary alicyclic amines) is 1. The lowest BCUT2D eigenvalue weighted by atomic mass is 9.98. The molecular formula is C21H31N3O2. The van der Waals surface area contributed by atoms with Crippen LogP contribution in [0.4, 0.5) is 0 Å². The van der Waals surface area contributed by atoms with Gasteiger partial charge in [-0.05, 0) is 44.8 Å². The van der Waals surface area contributed by atoms with Crippen LogP contribution < -0.4 is 0 Å². The van der Waals surface area contributed by atoms with Gasteiger partial charge < -0.3 is 14.7 Å². The molecule has 142 valence electrons. The summed E-state index contributed by atoms with van der Waals surface area (Å²) in [6, 6.07) is 10.8. The molecular weight excluding hydrogens is 326 g/mol. The van der Waals surface area contributed by atoms with Crippen LogP contribution in [0.15, 0.2) is 30.3 Å². The monoisotopic (exact) mass is 357 g/mol. The van der Waals surface area contributed by atoms with Crippen molar-refractivity contribution in [1.82, 2.24) is 14.7 Å². The van der Waals surface area contributed by atoms with Crippen LogP contribution in [0.3, 0.4) is 0 Å². The van der Waals surface area contributed by atoms with Crippen LogP contribution in [0.5, 0.6) is 0 Å². The van der Waals surface area contributed by atoms with E-state index >= 15 is 0 Å². The van der Waals surface area contributed by atoms with Gasteiger partial charge in [-0.3, -0.25) is 9.59 Å². The third-order valence-corrected chi connectivity index (χ3v) is 5.80. The summed E-state index contributed by atoms with van der Waals surface area (Å²) in [5.41, 5.74) is 1.25. The second-order valence-electron chi connectivity index (χ2n) is 7.60. The molecule has 3 rings (SSSR count). The van der Waals surface area contributed by atoms with Gasteiger partial charge in [-0.2, -0.15) is 0 Å². The predicted molar refractivity (Wildman–Crippen MR) is 103 cm³/mol. The third kappa shape index (κ3) is 5.07. The van der Waals surface area contributed by atoms with Gasteiger partial charge in [0.25, 0.3) is 0 Å². The van der Waals surface area contributed by atoms with E-state index in [1.165, 1.54) is 24.8 Å². The lowest BCUT2D eigenvalue weighted by Crippen LogP contribution is -2.52. The first kappa shape index (κ1) is 18.9. The van der Waals surface area contributed by atoms with E-state index in [0.29, 0.717) is 25.6 Å². The summed E-state index contributed by atoms with van der Waals surface area (Å²) in [6.07, 6.45) is 6.07. The summed E-state index contributed by atoms with van der Waals surface area (Å²) in [5, 5.41) is 0. The van der Waals surface area contributed by atoms with Gasteiger partial charge in [0.05, 0.1) is 6.54 Å². The normalized spacial score (nSPS) is 21.9. The predicted octanol–water partition coefficient (Wildman–Crippen LogP) is 2.16. The van der Waals surface area contributed by atoms with Crippen LogP contribution in [0.1, 0.15) is 37.7 Å². The van der Waals surface area contributed by atoms with Crippen molar-refractivity contribution in [2.45, 2.75) is 44.6 Å². The van der Waals surface area contributed by atoms with Crippen LogP contribution in [0.25, 0.3) is 0 Å². The summed E-state index contributed by atoms with van der Waals surface area (Å²) in [7, 11) is 2.16. The highest BCUT2D eigenvalue weighted by atomic mass is 16.2. The van der Waals surface area contributed by atoms with E-state index in [1.54, 1.807) is 4.90 Å². The Hall–Kier alpha value is -1.88. The molecule has 0 N–H and O–H groups in total. The summed E-state index contributed by atoms with van der Waals surface area (Å²) >= 11 is 0. The minimum Gasteiger partial charge on any atom is -0.339 e. The largest absolute Gasteiger partial charge is 0.339 e. The Kier molecular flexibility index (Phi) is 6.67. The molecule has 2 fully saturated rings. The number of amides is 2. The highest BCUT2D eigenvalue weighted by Crippen LogP contribution is 2.19. The molecule has 2 saturated heterocycles. The molecule has 0 bridgehead atoms. The van der Waals surface area contributed by atoms with Crippen molar-refractivity contribution in [3.63, 3.8) is 0 Å². The zero-order valence-electron chi connectivity index (χ0n) is 15.9. The van der Waals surface area contributed by atoms with Crippen molar-refractivity contribution in [3.05, 3.63) is 35.9 Å². The Morgan fingerprint density at radius 1 is 1.12 bits per heavy atom. The highest BCUT2D eigenvalue weighted by molar-refractivity contribution is 5.86. The molecule has 2 aliphatic heterocycles. The van der Waals surface area contributed by atoms with Crippen LogP contribution in [-0.4, -0.2) is 72.3 Å². The zero-order chi connectivity index (χ0) is 18.4. The average Bonchev–Trinajstić information content (AvgIpc) is 2.67. The van der Waals surface area contributed by atoms with Gasteiger partial charge in [0.1, 0.15) is 0 Å². The molecule has 5 nitrogen and oxygen atoms in total. The number of nitrogens with zero attached hydrogens (tertiary/aromatic N) is 3. The SMILES string of the molecule is CN1CCCC[C@@H]1CCC(=O)N1CCN(CCc2ccccc2)C(=O)C1. The van der Waals surface area contributed by atoms with E-state index in [4.69, 9.17) is 0 Å². The minimum atomic E-state index is 0.0790. The topological polar surface area (TPSA) is 43.9 Å². The maximum absolute atomic E-state index is 12.5. The highest BCUT2D eigenvalue weighted by Gasteiger charge is 2.27. The van der Waals surface area contributed by atoms with Crippen molar-refractivity contribution in [1.29, 1.82) is 0 Å². The molecule has 1 atom stereocenters. The second kappa shape index (κ2) is 9.17. The number of piperazine rings is 1. The van der Waals surface area contributed by atoms with E-state index < -0.39 is 0 Å². The van der Waals surface area contributed by atoms with Crippen LogP contribution >= 0.6 is 0 Å². The first-order valence-electron chi connectivity index (χ1n) is 9.93. The Labute approximate surface area is 156 Å². The van der Waals surface area contributed by atoms with Crippen LogP contribution in [0.2, 0.25) is 0 Å². The van der Waals surface area contributed by atoms with Crippen molar-refractivity contribution >= 4 is 11.8 Å². The fourth-order valence-corrected chi connectivity index (χ4v) is 4.02. The van der Waals surface area contributed by atoms with Crippen molar-refractivity contribution < 1.29 is 9.59 Å². The molecule has 0 aromatic heterocycles. The molecule has 0 saturated carbocycles. The Morgan fingerprint density at radius 2 is 1.92 bits per heavy atom. The van der Waals surface area contributed by atoms with Gasteiger partial charge >= 0.3 is 0 Å². The summed E-state index contributed by atoms with van der Waals surface area (Å²) in [4.78, 5) is 31.0. The van der Waals surface area contributed by atoms with Gasteiger partial charge in [0.15, 0.2) is 0 Å². The fourth-order valence-electron chi connectivity index (χ4n) is 4.02. The molecule has 2 heterocycles. The van der Waals surface area contributed by atoms with Gasteiger partial charge in [-0.1, -0.05) is 36.8 Å². The number of carbonyl (C=O) groups excluding carboxylic acids is 2. The molecule has 1 aromatic rings. The zero-order valence-corrected chi connectivity index (χ0v) is 15.9. The molecule has 2 amide bonds. The van der Waals surface area contributed by atoms with E-state index in [0.717, 1.165) is 25.9 Å². The summed E-state index contributed by atoms with van der Waals surface area (Å²) in [5.74, 6) is 0.218. The lowest BCUT2D eigenvalue weighted by Gasteiger charge is -2.36. The summed E-state index contributed by atoms with van der Waals surface area (Å²) < 4.78 is 0. The number of piperidine rings is 1. The third-order valence-electron chi connectivity index (χ3n) is 5.80. The first-order valence-corrected chi connectivity index (χ1v) is 9.93. The van der Waals surface area contributed by atoms with Crippen LogP contribution in [-0.2, 0) is 16.0 Å². The lowest BCUT2D eigenvalue weighted by molar-refractivity contribution is -0.145. The van der Waals surface area contributed by atoms with E-state index in [2.05, 4.69) is 24.1 Å². The second-order valence-corrected chi connectivity index (χ2v) is 7.60. The minimum absolute atomic E-state index is 0.0790. The number of rotatable bonds is 6. The van der Waals surface area contributed by atoms with Crippen molar-refractivity contribution in [3.8, 4) is 0 Å². The van der Waals surface area contributed by atoms with Gasteiger partial charge in [-0.15, -0.1) is 0 Å².